The summed E-state index contributed by atoms with van der Waals surface area (Å²) in [5.41, 5.74) is 2.47. The van der Waals surface area contributed by atoms with Crippen LogP contribution in [0.3, 0.4) is 0 Å². The van der Waals surface area contributed by atoms with Crippen LogP contribution in [0.1, 0.15) is 21.7 Å². The van der Waals surface area contributed by atoms with Gasteiger partial charge >= 0.3 is 0 Å². The average molecular weight is 321 g/mol. The summed E-state index contributed by atoms with van der Waals surface area (Å²) in [6, 6.07) is 18.7. The van der Waals surface area contributed by atoms with Gasteiger partial charge in [-0.1, -0.05) is 29.8 Å². The number of aryl methyl sites for hydroxylation is 1. The van der Waals surface area contributed by atoms with Gasteiger partial charge in [-0.25, -0.2) is 0 Å². The van der Waals surface area contributed by atoms with Crippen molar-refractivity contribution in [2.45, 2.75) is 13.5 Å². The Labute approximate surface area is 141 Å². The number of furan rings is 1. The highest BCUT2D eigenvalue weighted by molar-refractivity contribution is 6.07. The molecule has 0 N–H and O–H groups in total. The number of carbonyl (C=O) groups excluding carboxylic acids is 1. The number of methoxy groups -OCH3 is 1. The molecule has 0 saturated carbocycles. The molecular weight excluding hydrogens is 302 g/mol. The summed E-state index contributed by atoms with van der Waals surface area (Å²) < 4.78 is 10.8. The van der Waals surface area contributed by atoms with Crippen LogP contribution in [-0.2, 0) is 6.54 Å². The highest BCUT2D eigenvalue weighted by Gasteiger charge is 2.22. The Balaban J connectivity index is 2.00. The number of carbonyl (C=O) groups is 1. The first-order chi connectivity index (χ1) is 11.7. The minimum Gasteiger partial charge on any atom is -0.496 e. The van der Waals surface area contributed by atoms with E-state index in [4.69, 9.17) is 9.15 Å². The lowest BCUT2D eigenvalue weighted by Gasteiger charge is -2.23. The topological polar surface area (TPSA) is 42.7 Å². The van der Waals surface area contributed by atoms with Gasteiger partial charge in [-0.2, -0.15) is 0 Å². The lowest BCUT2D eigenvalue weighted by atomic mass is 10.1. The number of ether oxygens (including phenoxy) is 1. The smallest absolute Gasteiger partial charge is 0.262 e. The molecule has 0 aliphatic rings. The fourth-order valence-electron chi connectivity index (χ4n) is 2.53. The van der Waals surface area contributed by atoms with E-state index in [0.29, 0.717) is 17.9 Å². The second kappa shape index (κ2) is 7.04. The predicted molar refractivity (Wildman–Crippen MR) is 93.4 cm³/mol. The molecule has 0 radical (unpaired) electrons. The van der Waals surface area contributed by atoms with Crippen molar-refractivity contribution in [3.63, 3.8) is 0 Å². The number of para-hydroxylation sites is 1. The summed E-state index contributed by atoms with van der Waals surface area (Å²) in [6.45, 7) is 2.37. The molecule has 3 aromatic rings. The molecule has 122 valence electrons. The summed E-state index contributed by atoms with van der Waals surface area (Å²) in [7, 11) is 1.56. The van der Waals surface area contributed by atoms with Crippen molar-refractivity contribution >= 4 is 11.6 Å². The summed E-state index contributed by atoms with van der Waals surface area (Å²) in [5.74, 6) is 1.14. The van der Waals surface area contributed by atoms with Gasteiger partial charge in [-0.3, -0.25) is 4.79 Å². The van der Waals surface area contributed by atoms with Gasteiger partial charge in [-0.15, -0.1) is 0 Å². The largest absolute Gasteiger partial charge is 0.496 e. The number of nitrogens with zero attached hydrogens (tertiary/aromatic N) is 1. The summed E-state index contributed by atoms with van der Waals surface area (Å²) in [6.07, 6.45) is 1.61. The van der Waals surface area contributed by atoms with Crippen LogP contribution in [0.25, 0.3) is 0 Å². The van der Waals surface area contributed by atoms with Crippen LogP contribution in [0, 0.1) is 6.92 Å². The van der Waals surface area contributed by atoms with E-state index in [2.05, 4.69) is 0 Å². The molecule has 24 heavy (non-hydrogen) atoms. The van der Waals surface area contributed by atoms with E-state index in [1.807, 2.05) is 55.5 Å². The van der Waals surface area contributed by atoms with Gasteiger partial charge in [0.2, 0.25) is 0 Å². The minimum atomic E-state index is -0.132. The minimum absolute atomic E-state index is 0.132. The molecule has 0 saturated heterocycles. The van der Waals surface area contributed by atoms with Gasteiger partial charge in [0.15, 0.2) is 0 Å². The number of amides is 1. The first-order valence-corrected chi connectivity index (χ1v) is 7.73. The normalized spacial score (nSPS) is 10.4. The molecule has 4 heteroatoms. The molecule has 0 unspecified atom stereocenters. The molecule has 0 bridgehead atoms. The molecule has 1 amide bonds. The van der Waals surface area contributed by atoms with Crippen molar-refractivity contribution < 1.29 is 13.9 Å². The van der Waals surface area contributed by atoms with E-state index in [0.717, 1.165) is 17.0 Å². The third-order valence-electron chi connectivity index (χ3n) is 3.82. The molecule has 2 aromatic carbocycles. The lowest BCUT2D eigenvalue weighted by Crippen LogP contribution is -2.30. The molecule has 0 atom stereocenters. The van der Waals surface area contributed by atoms with E-state index in [-0.39, 0.29) is 5.91 Å². The molecule has 4 nitrogen and oxygen atoms in total. The summed E-state index contributed by atoms with van der Waals surface area (Å²) in [4.78, 5) is 14.8. The Morgan fingerprint density at radius 3 is 2.46 bits per heavy atom. The average Bonchev–Trinajstić information content (AvgIpc) is 3.13. The van der Waals surface area contributed by atoms with E-state index < -0.39 is 0 Å². The SMILES string of the molecule is COc1ccccc1C(=O)N(Cc1ccco1)c1ccc(C)cc1. The van der Waals surface area contributed by atoms with E-state index in [9.17, 15) is 4.79 Å². The van der Waals surface area contributed by atoms with Crippen LogP contribution in [0.4, 0.5) is 5.69 Å². The van der Waals surface area contributed by atoms with Gasteiger partial charge in [0.05, 0.1) is 25.5 Å². The second-order valence-electron chi connectivity index (χ2n) is 5.51. The summed E-state index contributed by atoms with van der Waals surface area (Å²) in [5, 5.41) is 0. The van der Waals surface area contributed by atoms with E-state index in [1.54, 1.807) is 30.4 Å². The first-order valence-electron chi connectivity index (χ1n) is 7.73. The van der Waals surface area contributed by atoms with Crippen molar-refractivity contribution in [3.8, 4) is 5.75 Å². The van der Waals surface area contributed by atoms with Crippen molar-refractivity contribution in [2.24, 2.45) is 0 Å². The van der Waals surface area contributed by atoms with Crippen LogP contribution in [0.5, 0.6) is 5.75 Å². The van der Waals surface area contributed by atoms with Crippen LogP contribution < -0.4 is 9.64 Å². The van der Waals surface area contributed by atoms with Crippen LogP contribution in [-0.4, -0.2) is 13.0 Å². The van der Waals surface area contributed by atoms with Crippen LogP contribution in [0.15, 0.2) is 71.3 Å². The maximum Gasteiger partial charge on any atom is 0.262 e. The van der Waals surface area contributed by atoms with Crippen molar-refractivity contribution in [1.29, 1.82) is 0 Å². The number of hydrogen-bond donors (Lipinski definition) is 0. The number of hydrogen-bond acceptors (Lipinski definition) is 3. The maximum absolute atomic E-state index is 13.1. The molecule has 3 rings (SSSR count). The molecule has 0 aliphatic carbocycles. The number of benzene rings is 2. The Bertz CT molecular complexity index is 807. The Morgan fingerprint density at radius 2 is 1.79 bits per heavy atom. The molecule has 0 spiro atoms. The standard InChI is InChI=1S/C20H19NO3/c1-15-9-11-16(12-10-15)21(14-17-6-5-13-24-17)20(22)18-7-3-4-8-19(18)23-2/h3-13H,14H2,1-2H3. The van der Waals surface area contributed by atoms with Crippen molar-refractivity contribution in [1.82, 2.24) is 0 Å². The molecule has 1 aromatic heterocycles. The molecular formula is C20H19NO3. The zero-order chi connectivity index (χ0) is 16.9. The van der Waals surface area contributed by atoms with Gasteiger partial charge in [0.1, 0.15) is 11.5 Å². The fourth-order valence-corrected chi connectivity index (χ4v) is 2.53. The lowest BCUT2D eigenvalue weighted by molar-refractivity contribution is 0.0980. The highest BCUT2D eigenvalue weighted by Crippen LogP contribution is 2.25. The van der Waals surface area contributed by atoms with E-state index >= 15 is 0 Å². The van der Waals surface area contributed by atoms with Crippen LogP contribution >= 0.6 is 0 Å². The Kier molecular flexibility index (Phi) is 4.66. The van der Waals surface area contributed by atoms with Gasteiger partial charge in [-0.05, 0) is 43.3 Å². The van der Waals surface area contributed by atoms with E-state index in [1.165, 1.54) is 0 Å². The van der Waals surface area contributed by atoms with Crippen molar-refractivity contribution in [2.75, 3.05) is 12.0 Å². The third kappa shape index (κ3) is 3.33. The highest BCUT2D eigenvalue weighted by atomic mass is 16.5. The predicted octanol–water partition coefficient (Wildman–Crippen LogP) is 4.44. The third-order valence-corrected chi connectivity index (χ3v) is 3.82. The second-order valence-corrected chi connectivity index (χ2v) is 5.51. The van der Waals surface area contributed by atoms with Crippen molar-refractivity contribution in [3.05, 3.63) is 83.8 Å². The van der Waals surface area contributed by atoms with Gasteiger partial charge < -0.3 is 14.1 Å². The fraction of sp³-hybridized carbons (Fsp3) is 0.150. The van der Waals surface area contributed by atoms with Gasteiger partial charge in [0.25, 0.3) is 5.91 Å². The zero-order valence-corrected chi connectivity index (χ0v) is 13.7. The zero-order valence-electron chi connectivity index (χ0n) is 13.7. The van der Waals surface area contributed by atoms with Gasteiger partial charge in [0, 0.05) is 5.69 Å². The molecule has 0 fully saturated rings. The summed E-state index contributed by atoms with van der Waals surface area (Å²) >= 11 is 0. The number of anilines is 1. The Hall–Kier alpha value is -3.01. The number of rotatable bonds is 5. The van der Waals surface area contributed by atoms with Crippen LogP contribution in [0.2, 0.25) is 0 Å². The molecule has 1 heterocycles. The maximum atomic E-state index is 13.1. The quantitative estimate of drug-likeness (QED) is 0.697. The first kappa shape index (κ1) is 15.9. The molecule has 0 aliphatic heterocycles. The Morgan fingerprint density at radius 1 is 1.04 bits per heavy atom. The monoisotopic (exact) mass is 321 g/mol.